The number of nitrogens with zero attached hydrogens (tertiary/aromatic N) is 3. The molecule has 1 heterocycles. The Hall–Kier alpha value is -0.960. The number of aliphatic hydroxyl groups is 1. The minimum Gasteiger partial charge on any atom is -0.396 e. The van der Waals surface area contributed by atoms with E-state index < -0.39 is 10.0 Å². The first-order valence-corrected chi connectivity index (χ1v) is 8.37. The molecule has 0 aromatic carbocycles. The van der Waals surface area contributed by atoms with E-state index in [0.717, 1.165) is 13.1 Å². The topological polar surface area (TPSA) is 87.5 Å². The summed E-state index contributed by atoms with van der Waals surface area (Å²) in [6, 6.07) is 0. The maximum atomic E-state index is 12.0. The summed E-state index contributed by atoms with van der Waals surface area (Å²) in [5.41, 5.74) is 0. The van der Waals surface area contributed by atoms with Crippen LogP contribution >= 0.6 is 0 Å². The molecule has 0 aliphatic rings. The molecule has 0 unspecified atom stereocenters. The fourth-order valence-electron chi connectivity index (χ4n) is 1.80. The lowest BCUT2D eigenvalue weighted by Gasteiger charge is -2.17. The molecule has 0 radical (unpaired) electrons. The van der Waals surface area contributed by atoms with E-state index in [1.54, 1.807) is 0 Å². The van der Waals surface area contributed by atoms with Crippen molar-refractivity contribution in [3.05, 3.63) is 12.4 Å². The van der Waals surface area contributed by atoms with E-state index in [-0.39, 0.29) is 11.5 Å². The number of sulfonamides is 1. The Balaban J connectivity index is 2.53. The summed E-state index contributed by atoms with van der Waals surface area (Å²) in [6.45, 7) is 7.52. The van der Waals surface area contributed by atoms with Crippen LogP contribution in [0.1, 0.15) is 20.3 Å². The fraction of sp³-hybridized carbons (Fsp3) is 0.750. The maximum Gasteiger partial charge on any atom is 0.243 e. The summed E-state index contributed by atoms with van der Waals surface area (Å²) in [7, 11) is -3.50. The third-order valence-electron chi connectivity index (χ3n) is 3.08. The molecule has 0 atom stereocenters. The molecule has 1 aromatic heterocycles. The van der Waals surface area contributed by atoms with Crippen LogP contribution in [0.4, 0.5) is 0 Å². The quantitative estimate of drug-likeness (QED) is 0.629. The normalized spacial score (nSPS) is 12.2. The molecule has 116 valence electrons. The second-order valence-corrected chi connectivity index (χ2v) is 6.21. The summed E-state index contributed by atoms with van der Waals surface area (Å²) in [5.74, 6) is 0. The van der Waals surface area contributed by atoms with Gasteiger partial charge in [-0.3, -0.25) is 4.68 Å². The highest BCUT2D eigenvalue weighted by atomic mass is 32.2. The van der Waals surface area contributed by atoms with Crippen LogP contribution in [0, 0.1) is 0 Å². The highest BCUT2D eigenvalue weighted by Gasteiger charge is 2.16. The monoisotopic (exact) mass is 304 g/mol. The molecule has 0 bridgehead atoms. The third-order valence-corrected chi connectivity index (χ3v) is 4.50. The standard InChI is InChI=1S/C12H24N4O3S/c1-3-15(4-2)8-6-14-20(18,19)12-10-13-16(11-12)7-5-9-17/h10-11,14,17H,3-9H2,1-2H3. The van der Waals surface area contributed by atoms with Gasteiger partial charge in [-0.15, -0.1) is 0 Å². The molecular weight excluding hydrogens is 280 g/mol. The average molecular weight is 304 g/mol. The first kappa shape index (κ1) is 17.1. The van der Waals surface area contributed by atoms with Crippen molar-refractivity contribution in [2.24, 2.45) is 0 Å². The number of likely N-dealkylation sites (N-methyl/N-ethyl adjacent to an activating group) is 1. The largest absolute Gasteiger partial charge is 0.396 e. The van der Waals surface area contributed by atoms with Crippen molar-refractivity contribution >= 4 is 10.0 Å². The smallest absolute Gasteiger partial charge is 0.243 e. The lowest BCUT2D eigenvalue weighted by Crippen LogP contribution is -2.34. The highest BCUT2D eigenvalue weighted by Crippen LogP contribution is 2.07. The van der Waals surface area contributed by atoms with Gasteiger partial charge in [0.05, 0.1) is 6.20 Å². The molecule has 1 rings (SSSR count). The van der Waals surface area contributed by atoms with Crippen molar-refractivity contribution in [3.8, 4) is 0 Å². The zero-order chi connectivity index (χ0) is 15.0. The average Bonchev–Trinajstić information content (AvgIpc) is 2.91. The molecule has 0 spiro atoms. The van der Waals surface area contributed by atoms with Gasteiger partial charge in [-0.2, -0.15) is 5.10 Å². The van der Waals surface area contributed by atoms with Crippen LogP contribution in [-0.4, -0.2) is 61.0 Å². The molecule has 1 aromatic rings. The van der Waals surface area contributed by atoms with Gasteiger partial charge in [0, 0.05) is 32.4 Å². The van der Waals surface area contributed by atoms with Gasteiger partial charge < -0.3 is 10.0 Å². The van der Waals surface area contributed by atoms with Gasteiger partial charge in [-0.1, -0.05) is 13.8 Å². The molecule has 8 heteroatoms. The zero-order valence-electron chi connectivity index (χ0n) is 12.1. The molecule has 0 aliphatic carbocycles. The van der Waals surface area contributed by atoms with Crippen molar-refractivity contribution in [3.63, 3.8) is 0 Å². The van der Waals surface area contributed by atoms with Crippen LogP contribution in [0.15, 0.2) is 17.3 Å². The lowest BCUT2D eigenvalue weighted by molar-refractivity contribution is 0.277. The van der Waals surface area contributed by atoms with Crippen molar-refractivity contribution < 1.29 is 13.5 Å². The van der Waals surface area contributed by atoms with Gasteiger partial charge in [-0.25, -0.2) is 13.1 Å². The Morgan fingerprint density at radius 2 is 2.10 bits per heavy atom. The van der Waals surface area contributed by atoms with E-state index in [9.17, 15) is 8.42 Å². The number of aryl methyl sites for hydroxylation is 1. The highest BCUT2D eigenvalue weighted by molar-refractivity contribution is 7.89. The molecule has 0 fully saturated rings. The van der Waals surface area contributed by atoms with Gasteiger partial charge in [0.1, 0.15) is 4.90 Å². The molecule has 0 saturated heterocycles. The fourth-order valence-corrected chi connectivity index (χ4v) is 2.77. The second-order valence-electron chi connectivity index (χ2n) is 4.44. The minimum atomic E-state index is -3.50. The first-order chi connectivity index (χ1) is 9.53. The van der Waals surface area contributed by atoms with Gasteiger partial charge in [0.2, 0.25) is 10.0 Å². The number of nitrogens with one attached hydrogen (secondary N) is 1. The number of aliphatic hydroxyl groups excluding tert-OH is 1. The predicted molar refractivity (Wildman–Crippen MR) is 76.9 cm³/mol. The Morgan fingerprint density at radius 3 is 2.70 bits per heavy atom. The number of hydrogen-bond acceptors (Lipinski definition) is 5. The van der Waals surface area contributed by atoms with Crippen LogP contribution in [0.3, 0.4) is 0 Å². The van der Waals surface area contributed by atoms with E-state index >= 15 is 0 Å². The third kappa shape index (κ3) is 5.20. The predicted octanol–water partition coefficient (Wildman–Crippen LogP) is -0.114. The second kappa shape index (κ2) is 8.35. The molecule has 7 nitrogen and oxygen atoms in total. The van der Waals surface area contributed by atoms with Gasteiger partial charge in [-0.05, 0) is 19.5 Å². The Labute approximate surface area is 120 Å². The maximum absolute atomic E-state index is 12.0. The van der Waals surface area contributed by atoms with Crippen LogP contribution in [0.2, 0.25) is 0 Å². The van der Waals surface area contributed by atoms with Crippen LogP contribution in [0.25, 0.3) is 0 Å². The van der Waals surface area contributed by atoms with Gasteiger partial charge in [0.15, 0.2) is 0 Å². The zero-order valence-corrected chi connectivity index (χ0v) is 12.9. The Bertz CT molecular complexity index is 483. The van der Waals surface area contributed by atoms with Crippen LogP contribution < -0.4 is 4.72 Å². The summed E-state index contributed by atoms with van der Waals surface area (Å²) in [6.07, 6.45) is 3.36. The molecule has 0 aliphatic heterocycles. The Morgan fingerprint density at radius 1 is 1.40 bits per heavy atom. The SMILES string of the molecule is CCN(CC)CCNS(=O)(=O)c1cnn(CCCO)c1. The van der Waals surface area contributed by atoms with E-state index in [4.69, 9.17) is 5.11 Å². The molecule has 2 N–H and O–H groups in total. The summed E-state index contributed by atoms with van der Waals surface area (Å²) in [5, 5.41) is 12.7. The summed E-state index contributed by atoms with van der Waals surface area (Å²) >= 11 is 0. The van der Waals surface area contributed by atoms with Crippen LogP contribution in [0.5, 0.6) is 0 Å². The van der Waals surface area contributed by atoms with Crippen molar-refractivity contribution in [1.29, 1.82) is 0 Å². The lowest BCUT2D eigenvalue weighted by atomic mass is 10.5. The molecule has 0 saturated carbocycles. The number of hydrogen-bond donors (Lipinski definition) is 2. The summed E-state index contributed by atoms with van der Waals surface area (Å²) in [4.78, 5) is 2.31. The van der Waals surface area contributed by atoms with Crippen molar-refractivity contribution in [1.82, 2.24) is 19.4 Å². The van der Waals surface area contributed by atoms with Crippen molar-refractivity contribution in [2.75, 3.05) is 32.8 Å². The van der Waals surface area contributed by atoms with Crippen LogP contribution in [-0.2, 0) is 16.6 Å². The number of aromatic nitrogens is 2. The van der Waals surface area contributed by atoms with E-state index in [1.807, 2.05) is 13.8 Å². The molecular formula is C12H24N4O3S. The summed E-state index contributed by atoms with van der Waals surface area (Å²) < 4.78 is 28.2. The van der Waals surface area contributed by atoms with E-state index in [0.29, 0.717) is 26.1 Å². The minimum absolute atomic E-state index is 0.0596. The Kier molecular flexibility index (Phi) is 7.14. The van der Waals surface area contributed by atoms with E-state index in [1.165, 1.54) is 17.1 Å². The molecule has 0 amide bonds. The van der Waals surface area contributed by atoms with Gasteiger partial charge >= 0.3 is 0 Å². The number of rotatable bonds is 10. The van der Waals surface area contributed by atoms with Crippen molar-refractivity contribution in [2.45, 2.75) is 31.7 Å². The first-order valence-electron chi connectivity index (χ1n) is 6.88. The van der Waals surface area contributed by atoms with Gasteiger partial charge in [0.25, 0.3) is 0 Å². The van der Waals surface area contributed by atoms with E-state index in [2.05, 4.69) is 14.7 Å². The molecule has 20 heavy (non-hydrogen) atoms.